The monoisotopic (exact) mass is 346 g/mol. The quantitative estimate of drug-likeness (QED) is 0.817. The molecule has 0 atom stereocenters. The molecule has 2 aromatic rings. The first-order chi connectivity index (χ1) is 11.5. The lowest BCUT2D eigenvalue weighted by atomic mass is 10.1. The van der Waals surface area contributed by atoms with Crippen LogP contribution in [0.3, 0.4) is 0 Å². The van der Waals surface area contributed by atoms with Crippen molar-refractivity contribution in [2.45, 2.75) is 19.8 Å². The average molecular weight is 347 g/mol. The van der Waals surface area contributed by atoms with E-state index in [9.17, 15) is 9.59 Å². The van der Waals surface area contributed by atoms with Crippen molar-refractivity contribution in [2.75, 3.05) is 17.7 Å². The molecule has 2 N–H and O–H groups in total. The maximum Gasteiger partial charge on any atom is 0.259 e. The molecule has 2 amide bonds. The van der Waals surface area contributed by atoms with E-state index < -0.39 is 0 Å². The Kier molecular flexibility index (Phi) is 6.21. The number of nitrogens with one attached hydrogen (secondary N) is 2. The number of halogens is 1. The van der Waals surface area contributed by atoms with E-state index in [4.69, 9.17) is 16.3 Å². The summed E-state index contributed by atoms with van der Waals surface area (Å²) in [6.07, 6.45) is 1.20. The highest BCUT2D eigenvalue weighted by Crippen LogP contribution is 2.27. The number of hydrogen-bond donors (Lipinski definition) is 2. The molecule has 0 aromatic heterocycles. The van der Waals surface area contributed by atoms with Crippen LogP contribution in [0.4, 0.5) is 11.4 Å². The Morgan fingerprint density at radius 3 is 2.58 bits per heavy atom. The average Bonchev–Trinajstić information content (AvgIpc) is 2.58. The van der Waals surface area contributed by atoms with Gasteiger partial charge in [-0.15, -0.1) is 0 Å². The van der Waals surface area contributed by atoms with E-state index in [0.29, 0.717) is 34.1 Å². The van der Waals surface area contributed by atoms with E-state index in [1.165, 1.54) is 7.11 Å². The van der Waals surface area contributed by atoms with Crippen LogP contribution in [0.2, 0.25) is 5.02 Å². The van der Waals surface area contributed by atoms with Gasteiger partial charge in [0.05, 0.1) is 23.4 Å². The summed E-state index contributed by atoms with van der Waals surface area (Å²) < 4.78 is 5.19. The molecule has 0 fully saturated rings. The van der Waals surface area contributed by atoms with Crippen molar-refractivity contribution in [2.24, 2.45) is 0 Å². The molecule has 0 aliphatic carbocycles. The van der Waals surface area contributed by atoms with E-state index in [0.717, 1.165) is 6.42 Å². The minimum atomic E-state index is -0.341. The lowest BCUT2D eigenvalue weighted by Gasteiger charge is -2.12. The van der Waals surface area contributed by atoms with Gasteiger partial charge >= 0.3 is 0 Å². The van der Waals surface area contributed by atoms with Gasteiger partial charge in [0.15, 0.2) is 0 Å². The smallest absolute Gasteiger partial charge is 0.259 e. The zero-order valence-electron chi connectivity index (χ0n) is 13.6. The van der Waals surface area contributed by atoms with Crippen LogP contribution >= 0.6 is 11.6 Å². The number of rotatable bonds is 6. The molecule has 0 radical (unpaired) electrons. The lowest BCUT2D eigenvalue weighted by molar-refractivity contribution is -0.116. The second-order valence-electron chi connectivity index (χ2n) is 5.15. The number of benzene rings is 2. The van der Waals surface area contributed by atoms with E-state index in [1.807, 2.05) is 6.92 Å². The van der Waals surface area contributed by atoms with Gasteiger partial charge in [-0.25, -0.2) is 0 Å². The Bertz CT molecular complexity index is 747. The number of carbonyl (C=O) groups is 2. The lowest BCUT2D eigenvalue weighted by Crippen LogP contribution is -2.14. The minimum absolute atomic E-state index is 0.0816. The van der Waals surface area contributed by atoms with Crippen LogP contribution in [0.1, 0.15) is 30.1 Å². The van der Waals surface area contributed by atoms with Gasteiger partial charge in [0.1, 0.15) is 5.75 Å². The predicted molar refractivity (Wildman–Crippen MR) is 95.9 cm³/mol. The van der Waals surface area contributed by atoms with Gasteiger partial charge in [0.25, 0.3) is 5.91 Å². The summed E-state index contributed by atoms with van der Waals surface area (Å²) >= 11 is 6.14. The Labute approximate surface area is 146 Å². The van der Waals surface area contributed by atoms with Crippen molar-refractivity contribution in [1.29, 1.82) is 0 Å². The van der Waals surface area contributed by atoms with Crippen molar-refractivity contribution in [3.63, 3.8) is 0 Å². The van der Waals surface area contributed by atoms with Gasteiger partial charge in [-0.1, -0.05) is 30.7 Å². The molecule has 0 saturated heterocycles. The molecule has 0 bridgehead atoms. The number of carbonyl (C=O) groups excluding carboxylic acids is 2. The number of anilines is 2. The summed E-state index contributed by atoms with van der Waals surface area (Å²) in [4.78, 5) is 24.1. The van der Waals surface area contributed by atoms with Gasteiger partial charge in [0.2, 0.25) is 5.91 Å². The third-order valence-electron chi connectivity index (χ3n) is 3.33. The van der Waals surface area contributed by atoms with Gasteiger partial charge in [0, 0.05) is 12.1 Å². The second-order valence-corrected chi connectivity index (χ2v) is 5.55. The zero-order valence-corrected chi connectivity index (χ0v) is 14.3. The Morgan fingerprint density at radius 2 is 1.88 bits per heavy atom. The van der Waals surface area contributed by atoms with Gasteiger partial charge in [-0.2, -0.15) is 0 Å². The van der Waals surface area contributed by atoms with Crippen LogP contribution in [0, 0.1) is 0 Å². The Morgan fingerprint density at radius 1 is 1.12 bits per heavy atom. The standard InChI is InChI=1S/C18H19ClN2O3/c1-3-6-17(22)20-12-9-10-14(19)15(11-12)21-18(23)13-7-4-5-8-16(13)24-2/h4-5,7-11H,3,6H2,1-2H3,(H,20,22)(H,21,23). The van der Waals surface area contributed by atoms with Crippen LogP contribution in [-0.4, -0.2) is 18.9 Å². The summed E-state index contributed by atoms with van der Waals surface area (Å²) in [6, 6.07) is 11.8. The minimum Gasteiger partial charge on any atom is -0.496 e. The molecule has 0 saturated carbocycles. The molecule has 0 unspecified atom stereocenters. The molecular weight excluding hydrogens is 328 g/mol. The summed E-state index contributed by atoms with van der Waals surface area (Å²) in [5, 5.41) is 5.90. The molecule has 0 aliphatic heterocycles. The van der Waals surface area contributed by atoms with Gasteiger partial charge in [-0.05, 0) is 36.8 Å². The van der Waals surface area contributed by atoms with Crippen molar-refractivity contribution in [3.8, 4) is 5.75 Å². The second kappa shape index (κ2) is 8.36. The van der Waals surface area contributed by atoms with Crippen molar-refractivity contribution in [3.05, 3.63) is 53.1 Å². The number of ether oxygens (including phenoxy) is 1. The molecule has 6 heteroatoms. The maximum atomic E-state index is 12.4. The Hall–Kier alpha value is -2.53. The van der Waals surface area contributed by atoms with Crippen LogP contribution in [0.25, 0.3) is 0 Å². The summed E-state index contributed by atoms with van der Waals surface area (Å²) in [6.45, 7) is 1.93. The molecule has 24 heavy (non-hydrogen) atoms. The zero-order chi connectivity index (χ0) is 17.5. The van der Waals surface area contributed by atoms with Crippen LogP contribution in [0.5, 0.6) is 5.75 Å². The molecule has 0 heterocycles. The predicted octanol–water partition coefficient (Wildman–Crippen LogP) is 4.34. The van der Waals surface area contributed by atoms with E-state index in [1.54, 1.807) is 42.5 Å². The third-order valence-corrected chi connectivity index (χ3v) is 3.66. The van der Waals surface area contributed by atoms with E-state index in [2.05, 4.69) is 10.6 Å². The maximum absolute atomic E-state index is 12.4. The third kappa shape index (κ3) is 4.49. The number of para-hydroxylation sites is 1. The number of hydrogen-bond acceptors (Lipinski definition) is 3. The number of amides is 2. The fraction of sp³-hybridized carbons (Fsp3) is 0.222. The van der Waals surface area contributed by atoms with Crippen molar-refractivity contribution >= 4 is 34.8 Å². The van der Waals surface area contributed by atoms with Crippen LogP contribution in [-0.2, 0) is 4.79 Å². The highest BCUT2D eigenvalue weighted by molar-refractivity contribution is 6.34. The van der Waals surface area contributed by atoms with Gasteiger partial charge in [-0.3, -0.25) is 9.59 Å². The fourth-order valence-electron chi connectivity index (χ4n) is 2.17. The van der Waals surface area contributed by atoms with Crippen molar-refractivity contribution in [1.82, 2.24) is 0 Å². The van der Waals surface area contributed by atoms with Gasteiger partial charge < -0.3 is 15.4 Å². The highest BCUT2D eigenvalue weighted by atomic mass is 35.5. The highest BCUT2D eigenvalue weighted by Gasteiger charge is 2.14. The largest absolute Gasteiger partial charge is 0.496 e. The molecule has 0 aliphatic rings. The first kappa shape index (κ1) is 17.8. The normalized spacial score (nSPS) is 10.1. The summed E-state index contributed by atoms with van der Waals surface area (Å²) in [7, 11) is 1.50. The molecule has 0 spiro atoms. The molecule has 126 valence electrons. The van der Waals surface area contributed by atoms with Crippen LogP contribution < -0.4 is 15.4 Å². The number of methoxy groups -OCH3 is 1. The fourth-order valence-corrected chi connectivity index (χ4v) is 2.34. The van der Waals surface area contributed by atoms with E-state index >= 15 is 0 Å². The molecule has 2 aromatic carbocycles. The Balaban J connectivity index is 2.19. The molecular formula is C18H19ClN2O3. The SMILES string of the molecule is CCCC(=O)Nc1ccc(Cl)c(NC(=O)c2ccccc2OC)c1. The van der Waals surface area contributed by atoms with E-state index in [-0.39, 0.29) is 11.8 Å². The first-order valence-electron chi connectivity index (χ1n) is 7.59. The summed E-state index contributed by atoms with van der Waals surface area (Å²) in [5.74, 6) is 0.0479. The molecule has 5 nitrogen and oxygen atoms in total. The van der Waals surface area contributed by atoms with Crippen molar-refractivity contribution < 1.29 is 14.3 Å². The summed E-state index contributed by atoms with van der Waals surface area (Å²) in [5.41, 5.74) is 1.39. The van der Waals surface area contributed by atoms with Crippen LogP contribution in [0.15, 0.2) is 42.5 Å². The topological polar surface area (TPSA) is 67.4 Å². The first-order valence-corrected chi connectivity index (χ1v) is 7.96. The molecule has 2 rings (SSSR count).